The van der Waals surface area contributed by atoms with Crippen molar-refractivity contribution in [3.63, 3.8) is 0 Å². The largest absolute Gasteiger partial charge is 0.350 e. The quantitative estimate of drug-likeness (QED) is 0.275. The first-order valence-corrected chi connectivity index (χ1v) is 7.05. The molecule has 0 aliphatic rings. The van der Waals surface area contributed by atoms with E-state index in [0.717, 1.165) is 23.9 Å². The molecule has 0 bridgehead atoms. The van der Waals surface area contributed by atoms with Crippen LogP contribution in [0.4, 0.5) is 0 Å². The molecule has 2 aromatic heterocycles. The van der Waals surface area contributed by atoms with Crippen molar-refractivity contribution in [2.24, 2.45) is 10.2 Å². The van der Waals surface area contributed by atoms with Gasteiger partial charge in [0.1, 0.15) is 5.52 Å². The molecule has 0 aromatic carbocycles. The average molecular weight is 342 g/mol. The molecule has 9 heteroatoms. The van der Waals surface area contributed by atoms with E-state index in [0.29, 0.717) is 22.4 Å². The van der Waals surface area contributed by atoms with E-state index in [1.54, 1.807) is 0 Å². The van der Waals surface area contributed by atoms with E-state index in [9.17, 15) is 4.79 Å². The van der Waals surface area contributed by atoms with E-state index in [2.05, 4.69) is 49.7 Å². The molecule has 0 atom stereocenters. The Labute approximate surface area is 123 Å². The van der Waals surface area contributed by atoms with Gasteiger partial charge in [0.25, 0.3) is 0 Å². The van der Waals surface area contributed by atoms with Crippen LogP contribution in [0.25, 0.3) is 11.2 Å². The lowest BCUT2D eigenvalue weighted by atomic mass is 10.2. The molecule has 0 saturated carbocycles. The molecule has 0 amide bonds. The van der Waals surface area contributed by atoms with Crippen molar-refractivity contribution in [1.82, 2.24) is 19.2 Å². The number of nitrogens with one attached hydrogen (secondary N) is 1. The van der Waals surface area contributed by atoms with Gasteiger partial charge in [0, 0.05) is 13.3 Å². The molecule has 0 unspecified atom stereocenters. The third-order valence-electron chi connectivity index (χ3n) is 2.95. The molecule has 3 N–H and O–H groups in total. The molecule has 8 nitrogen and oxygen atoms in total. The molecule has 0 spiro atoms. The zero-order valence-corrected chi connectivity index (χ0v) is 12.7. The maximum atomic E-state index is 12.3. The van der Waals surface area contributed by atoms with Gasteiger partial charge in [-0.3, -0.25) is 4.57 Å². The highest BCUT2D eigenvalue weighted by Gasteiger charge is 2.14. The number of nitrogen functional groups attached to an aromatic ring is 1. The molecule has 2 aromatic rings. The first-order valence-electron chi connectivity index (χ1n) is 6.26. The lowest BCUT2D eigenvalue weighted by Crippen LogP contribution is -2.45. The number of aromatic amines is 1. The van der Waals surface area contributed by atoms with Crippen molar-refractivity contribution in [3.8, 4) is 0 Å². The lowest BCUT2D eigenvalue weighted by Gasteiger charge is -2.08. The number of aryl methyl sites for hydroxylation is 1. The lowest BCUT2D eigenvalue weighted by molar-refractivity contribution is 0.571. The number of imidazole rings is 1. The Bertz CT molecular complexity index is 754. The summed E-state index contributed by atoms with van der Waals surface area (Å²) in [6.07, 6.45) is 2.98. The van der Waals surface area contributed by atoms with Gasteiger partial charge < -0.3 is 10.8 Å². The molecule has 0 fully saturated rings. The molecule has 0 aliphatic heterocycles. The van der Waals surface area contributed by atoms with Crippen molar-refractivity contribution in [3.05, 3.63) is 20.7 Å². The van der Waals surface area contributed by atoms with E-state index in [1.807, 2.05) is 0 Å². The highest BCUT2D eigenvalue weighted by atomic mass is 79.9. The number of H-pyrrole nitrogens is 1. The monoisotopic (exact) mass is 341 g/mol. The zero-order chi connectivity index (χ0) is 14.7. The fraction of sp³-hybridized carbons (Fsp3) is 0.455. The number of rotatable bonds is 5. The van der Waals surface area contributed by atoms with Crippen LogP contribution in [0.5, 0.6) is 0 Å². The maximum Gasteiger partial charge on any atom is 0.350 e. The van der Waals surface area contributed by atoms with E-state index in [-0.39, 0.29) is 11.2 Å². The number of hydrogen-bond acceptors (Lipinski definition) is 5. The summed E-state index contributed by atoms with van der Waals surface area (Å²) in [5.74, 6) is 5.79. The Morgan fingerprint density at radius 3 is 2.90 bits per heavy atom. The summed E-state index contributed by atoms with van der Waals surface area (Å²) in [4.78, 5) is 19.5. The van der Waals surface area contributed by atoms with Gasteiger partial charge in [0.15, 0.2) is 10.4 Å². The Balaban J connectivity index is 2.73. The molecule has 20 heavy (non-hydrogen) atoms. The molecule has 2 rings (SSSR count). The molecular formula is C11H16BrN7O. The van der Waals surface area contributed by atoms with Crippen molar-refractivity contribution in [2.75, 3.05) is 5.84 Å². The summed E-state index contributed by atoms with van der Waals surface area (Å²) in [6, 6.07) is 0. The van der Waals surface area contributed by atoms with Crippen LogP contribution in [-0.4, -0.2) is 25.9 Å². The van der Waals surface area contributed by atoms with Crippen LogP contribution >= 0.6 is 15.9 Å². The van der Waals surface area contributed by atoms with Crippen molar-refractivity contribution < 1.29 is 0 Å². The highest BCUT2D eigenvalue weighted by Crippen LogP contribution is 2.11. The van der Waals surface area contributed by atoms with E-state index < -0.39 is 0 Å². The topological polar surface area (TPSA) is 106 Å². The van der Waals surface area contributed by atoms with Crippen LogP contribution in [0.15, 0.2) is 19.7 Å². The van der Waals surface area contributed by atoms with Gasteiger partial charge >= 0.3 is 5.69 Å². The van der Waals surface area contributed by atoms with Gasteiger partial charge in [0.05, 0.1) is 0 Å². The predicted octanol–water partition coefficient (Wildman–Crippen LogP) is 0.709. The van der Waals surface area contributed by atoms with Crippen molar-refractivity contribution >= 4 is 33.8 Å². The Morgan fingerprint density at radius 2 is 2.25 bits per heavy atom. The Morgan fingerprint density at radius 1 is 1.50 bits per heavy atom. The van der Waals surface area contributed by atoms with E-state index >= 15 is 0 Å². The molecule has 0 saturated heterocycles. The van der Waals surface area contributed by atoms with Crippen molar-refractivity contribution in [1.29, 1.82) is 0 Å². The second-order valence-corrected chi connectivity index (χ2v) is 5.05. The number of aromatic nitrogens is 4. The Hall–Kier alpha value is -1.90. The predicted molar refractivity (Wildman–Crippen MR) is 80.8 cm³/mol. The number of nitrogens with two attached hydrogens (primary N) is 1. The van der Waals surface area contributed by atoms with Crippen LogP contribution in [-0.2, 0) is 6.54 Å². The molecule has 108 valence electrons. The highest BCUT2D eigenvalue weighted by molar-refractivity contribution is 9.10. The van der Waals surface area contributed by atoms with Gasteiger partial charge in [-0.2, -0.15) is 9.78 Å². The molecule has 2 heterocycles. The Kier molecular flexibility index (Phi) is 4.38. The number of nitrogens with zero attached hydrogens (tertiary/aromatic N) is 5. The maximum absolute atomic E-state index is 12.3. The second kappa shape index (κ2) is 6.04. The fourth-order valence-electron chi connectivity index (χ4n) is 2.01. The summed E-state index contributed by atoms with van der Waals surface area (Å²) < 4.78 is 2.99. The van der Waals surface area contributed by atoms with Gasteiger partial charge in [-0.15, -0.1) is 5.10 Å². The first kappa shape index (κ1) is 14.5. The minimum Gasteiger partial charge on any atom is -0.333 e. The third-order valence-corrected chi connectivity index (χ3v) is 3.33. The standard InChI is InChI=1S/C11H16BrN7O/c1-3-4-5-6-18-8-7(15-10(12)16-8)9(17-14-2)19(13)11(18)20/h2-6,13H2,1H3,(H,15,16)/b17-9-. The summed E-state index contributed by atoms with van der Waals surface area (Å²) in [7, 11) is 0. The number of halogens is 1. The summed E-state index contributed by atoms with van der Waals surface area (Å²) in [6.45, 7) is 5.94. The van der Waals surface area contributed by atoms with Crippen LogP contribution in [0.3, 0.4) is 0 Å². The van der Waals surface area contributed by atoms with Gasteiger partial charge in [-0.25, -0.2) is 9.78 Å². The SMILES string of the molecule is C=N/N=c1/c2[nH]c(Br)nc2n(CCCCC)c(=O)n1N. The van der Waals surface area contributed by atoms with E-state index in [4.69, 9.17) is 5.84 Å². The normalized spacial score (nSPS) is 12.2. The van der Waals surface area contributed by atoms with Gasteiger partial charge in [-0.1, -0.05) is 19.8 Å². The average Bonchev–Trinajstić information content (AvgIpc) is 2.80. The van der Waals surface area contributed by atoms with Crippen LogP contribution in [0.1, 0.15) is 26.2 Å². The summed E-state index contributed by atoms with van der Waals surface area (Å²) in [5.41, 5.74) is 0.866. The fourth-order valence-corrected chi connectivity index (χ4v) is 2.37. The van der Waals surface area contributed by atoms with Crippen molar-refractivity contribution in [2.45, 2.75) is 32.7 Å². The van der Waals surface area contributed by atoms with Gasteiger partial charge in [-0.05, 0) is 22.4 Å². The first-order chi connectivity index (χ1) is 9.60. The molecule has 0 radical (unpaired) electrons. The van der Waals surface area contributed by atoms with Crippen LogP contribution < -0.4 is 17.0 Å². The minimum atomic E-state index is -0.380. The number of hydrogen-bond donors (Lipinski definition) is 2. The number of fused-ring (bicyclic) bond motifs is 1. The zero-order valence-electron chi connectivity index (χ0n) is 11.1. The third kappa shape index (κ3) is 2.53. The minimum absolute atomic E-state index is 0.199. The van der Waals surface area contributed by atoms with Gasteiger partial charge in [0.2, 0.25) is 5.49 Å². The van der Waals surface area contributed by atoms with Crippen LogP contribution in [0, 0.1) is 0 Å². The second-order valence-electron chi connectivity index (χ2n) is 4.30. The molecular weight excluding hydrogens is 326 g/mol. The van der Waals surface area contributed by atoms with Crippen LogP contribution in [0.2, 0.25) is 0 Å². The molecule has 0 aliphatic carbocycles. The smallest absolute Gasteiger partial charge is 0.333 e. The summed E-state index contributed by atoms with van der Waals surface area (Å²) in [5, 5.41) is 7.23. The number of unbranched alkanes of at least 4 members (excludes halogenated alkanes) is 2. The summed E-state index contributed by atoms with van der Waals surface area (Å²) >= 11 is 3.26. The van der Waals surface area contributed by atoms with E-state index in [1.165, 1.54) is 4.57 Å².